The van der Waals surface area contributed by atoms with E-state index in [4.69, 9.17) is 5.11 Å². The number of aliphatic carboxylic acids is 1. The number of likely N-dealkylation sites (tertiary alicyclic amines) is 1. The molecule has 1 aliphatic heterocycles. The topological polar surface area (TPSA) is 86.7 Å². The Labute approximate surface area is 148 Å². The second-order valence-corrected chi connectivity index (χ2v) is 6.19. The summed E-state index contributed by atoms with van der Waals surface area (Å²) in [5, 5.41) is 11.5. The zero-order chi connectivity index (χ0) is 19.3. The molecule has 6 nitrogen and oxygen atoms in total. The minimum absolute atomic E-state index is 0.137. The molecule has 2 rings (SSSR count). The molecular formula is C17H19F3N2O4. The van der Waals surface area contributed by atoms with Gasteiger partial charge < -0.3 is 15.3 Å². The molecule has 1 aromatic carbocycles. The molecular weight excluding hydrogens is 353 g/mol. The molecule has 0 unspecified atom stereocenters. The summed E-state index contributed by atoms with van der Waals surface area (Å²) >= 11 is 0. The largest absolute Gasteiger partial charge is 0.481 e. The Kier molecular flexibility index (Phi) is 6.23. The second kappa shape index (κ2) is 8.20. The van der Waals surface area contributed by atoms with Gasteiger partial charge in [0.25, 0.3) is 0 Å². The average molecular weight is 372 g/mol. The van der Waals surface area contributed by atoms with Gasteiger partial charge in [0.05, 0.1) is 12.0 Å². The lowest BCUT2D eigenvalue weighted by Crippen LogP contribution is -2.38. The number of amides is 2. The summed E-state index contributed by atoms with van der Waals surface area (Å²) in [7, 11) is 0. The van der Waals surface area contributed by atoms with E-state index in [1.165, 1.54) is 0 Å². The van der Waals surface area contributed by atoms with Crippen LogP contribution in [0.1, 0.15) is 30.9 Å². The van der Waals surface area contributed by atoms with Crippen LogP contribution < -0.4 is 5.32 Å². The number of rotatable bonds is 7. The highest BCUT2D eigenvalue weighted by Crippen LogP contribution is 2.25. The molecule has 142 valence electrons. The van der Waals surface area contributed by atoms with Gasteiger partial charge in [0.15, 0.2) is 0 Å². The highest BCUT2D eigenvalue weighted by atomic mass is 19.4. The zero-order valence-corrected chi connectivity index (χ0v) is 13.8. The van der Waals surface area contributed by atoms with Crippen molar-refractivity contribution in [2.75, 3.05) is 13.1 Å². The van der Waals surface area contributed by atoms with Crippen LogP contribution in [0, 0.1) is 5.92 Å². The normalized spacial score (nSPS) is 18.7. The highest BCUT2D eigenvalue weighted by molar-refractivity contribution is 5.89. The molecule has 0 aromatic heterocycles. The third-order valence-electron chi connectivity index (χ3n) is 4.12. The lowest BCUT2D eigenvalue weighted by Gasteiger charge is -2.21. The molecule has 26 heavy (non-hydrogen) atoms. The first-order valence-corrected chi connectivity index (χ1v) is 8.07. The van der Waals surface area contributed by atoms with E-state index in [-0.39, 0.29) is 25.8 Å². The standard InChI is InChI=1S/C17H19F3N2O4/c18-17(19,20)10-22-9-12(8-14(22)23)16(26)21-13(6-7-15(24)25)11-4-2-1-3-5-11/h1-5,12-13H,6-10H2,(H,21,26)(H,24,25)/t12-,13+/m1/s1. The molecule has 0 saturated carbocycles. The van der Waals surface area contributed by atoms with E-state index in [2.05, 4.69) is 5.32 Å². The van der Waals surface area contributed by atoms with Crippen LogP contribution in [0.5, 0.6) is 0 Å². The van der Waals surface area contributed by atoms with Crippen molar-refractivity contribution >= 4 is 17.8 Å². The number of nitrogens with zero attached hydrogens (tertiary/aromatic N) is 1. The minimum Gasteiger partial charge on any atom is -0.481 e. The zero-order valence-electron chi connectivity index (χ0n) is 13.8. The van der Waals surface area contributed by atoms with Crippen molar-refractivity contribution in [3.8, 4) is 0 Å². The fraction of sp³-hybridized carbons (Fsp3) is 0.471. The van der Waals surface area contributed by atoms with E-state index in [0.29, 0.717) is 10.5 Å². The number of hydrogen-bond donors (Lipinski definition) is 2. The van der Waals surface area contributed by atoms with Crippen molar-refractivity contribution in [1.82, 2.24) is 10.2 Å². The summed E-state index contributed by atoms with van der Waals surface area (Å²) in [6.07, 6.45) is -4.85. The summed E-state index contributed by atoms with van der Waals surface area (Å²) in [6.45, 7) is -1.68. The number of carbonyl (C=O) groups is 3. The van der Waals surface area contributed by atoms with Gasteiger partial charge in [0.2, 0.25) is 11.8 Å². The van der Waals surface area contributed by atoms with E-state index in [9.17, 15) is 27.6 Å². The Morgan fingerprint density at radius 1 is 1.27 bits per heavy atom. The first-order valence-electron chi connectivity index (χ1n) is 8.07. The number of carboxylic acids is 1. The van der Waals surface area contributed by atoms with Gasteiger partial charge in [-0.1, -0.05) is 30.3 Å². The molecule has 9 heteroatoms. The lowest BCUT2D eigenvalue weighted by molar-refractivity contribution is -0.157. The first kappa shape index (κ1) is 19.7. The van der Waals surface area contributed by atoms with Crippen LogP contribution >= 0.6 is 0 Å². The average Bonchev–Trinajstić information content (AvgIpc) is 2.91. The predicted molar refractivity (Wildman–Crippen MR) is 84.9 cm³/mol. The maximum atomic E-state index is 12.5. The minimum atomic E-state index is -4.52. The fourth-order valence-electron chi connectivity index (χ4n) is 2.88. The van der Waals surface area contributed by atoms with Crippen LogP contribution in [0.2, 0.25) is 0 Å². The van der Waals surface area contributed by atoms with Gasteiger partial charge in [-0.2, -0.15) is 13.2 Å². The van der Waals surface area contributed by atoms with Gasteiger partial charge in [-0.3, -0.25) is 14.4 Å². The fourth-order valence-corrected chi connectivity index (χ4v) is 2.88. The Bertz CT molecular complexity index is 664. The monoisotopic (exact) mass is 372 g/mol. The molecule has 0 bridgehead atoms. The summed E-state index contributed by atoms with van der Waals surface area (Å²) < 4.78 is 37.4. The summed E-state index contributed by atoms with van der Waals surface area (Å²) in [5.74, 6) is -3.18. The van der Waals surface area contributed by atoms with Gasteiger partial charge >= 0.3 is 12.1 Å². The van der Waals surface area contributed by atoms with E-state index in [1.807, 2.05) is 0 Å². The number of halogens is 3. The molecule has 2 N–H and O–H groups in total. The molecule has 1 saturated heterocycles. The predicted octanol–water partition coefficient (Wildman–Crippen LogP) is 2.12. The van der Waals surface area contributed by atoms with Crippen molar-refractivity contribution < 1.29 is 32.7 Å². The SMILES string of the molecule is O=C(O)CC[C@H](NC(=O)[C@@H]1CC(=O)N(CC(F)(F)F)C1)c1ccccc1. The number of benzene rings is 1. The molecule has 1 fully saturated rings. The molecule has 1 heterocycles. The van der Waals surface area contributed by atoms with Crippen LogP contribution in [0.4, 0.5) is 13.2 Å². The molecule has 1 aromatic rings. The van der Waals surface area contributed by atoms with Crippen LogP contribution in [0.25, 0.3) is 0 Å². The number of alkyl halides is 3. The summed E-state index contributed by atoms with van der Waals surface area (Å²) in [6, 6.07) is 8.10. The van der Waals surface area contributed by atoms with Crippen molar-refractivity contribution in [3.63, 3.8) is 0 Å². The van der Waals surface area contributed by atoms with Crippen LogP contribution in [0.15, 0.2) is 30.3 Å². The molecule has 1 aliphatic rings. The number of hydrogen-bond acceptors (Lipinski definition) is 3. The third kappa shape index (κ3) is 5.75. The van der Waals surface area contributed by atoms with Gasteiger partial charge in [-0.05, 0) is 12.0 Å². The number of carbonyl (C=O) groups excluding carboxylic acids is 2. The van der Waals surface area contributed by atoms with E-state index in [0.717, 1.165) is 0 Å². The van der Waals surface area contributed by atoms with Gasteiger partial charge in [-0.25, -0.2) is 0 Å². The maximum absolute atomic E-state index is 12.5. The van der Waals surface area contributed by atoms with Crippen LogP contribution in [-0.2, 0) is 14.4 Å². The number of nitrogens with one attached hydrogen (secondary N) is 1. The van der Waals surface area contributed by atoms with Crippen molar-refractivity contribution in [1.29, 1.82) is 0 Å². The van der Waals surface area contributed by atoms with Gasteiger partial charge in [0, 0.05) is 19.4 Å². The Balaban J connectivity index is 2.03. The molecule has 2 amide bonds. The molecule has 0 radical (unpaired) electrons. The smallest absolute Gasteiger partial charge is 0.406 e. The number of carboxylic acid groups (broad SMARTS) is 1. The Hall–Kier alpha value is -2.58. The van der Waals surface area contributed by atoms with E-state index in [1.54, 1.807) is 30.3 Å². The Morgan fingerprint density at radius 2 is 1.92 bits per heavy atom. The summed E-state index contributed by atoms with van der Waals surface area (Å²) in [5.41, 5.74) is 0.693. The molecule has 0 aliphatic carbocycles. The molecule has 2 atom stereocenters. The van der Waals surface area contributed by atoms with Crippen LogP contribution in [0.3, 0.4) is 0 Å². The second-order valence-electron chi connectivity index (χ2n) is 6.19. The molecule has 0 spiro atoms. The quantitative estimate of drug-likeness (QED) is 0.768. The lowest BCUT2D eigenvalue weighted by atomic mass is 10.00. The van der Waals surface area contributed by atoms with E-state index < -0.39 is 42.5 Å². The van der Waals surface area contributed by atoms with Gasteiger partial charge in [-0.15, -0.1) is 0 Å². The van der Waals surface area contributed by atoms with Crippen molar-refractivity contribution in [2.45, 2.75) is 31.5 Å². The van der Waals surface area contributed by atoms with E-state index >= 15 is 0 Å². The first-order chi connectivity index (χ1) is 12.2. The third-order valence-corrected chi connectivity index (χ3v) is 4.12. The summed E-state index contributed by atoms with van der Waals surface area (Å²) in [4.78, 5) is 35.6. The van der Waals surface area contributed by atoms with Crippen molar-refractivity contribution in [3.05, 3.63) is 35.9 Å². The maximum Gasteiger partial charge on any atom is 0.406 e. The van der Waals surface area contributed by atoms with Crippen molar-refractivity contribution in [2.24, 2.45) is 5.92 Å². The Morgan fingerprint density at radius 3 is 2.50 bits per heavy atom. The van der Waals surface area contributed by atoms with Crippen LogP contribution in [-0.4, -0.2) is 47.1 Å². The highest BCUT2D eigenvalue weighted by Gasteiger charge is 2.40. The van der Waals surface area contributed by atoms with Gasteiger partial charge in [0.1, 0.15) is 6.54 Å².